The molecule has 7 heteroatoms. The molecule has 0 aliphatic heterocycles. The fourth-order valence-corrected chi connectivity index (χ4v) is 4.41. The molecule has 6 nitrogen and oxygen atoms in total. The van der Waals surface area contributed by atoms with Crippen molar-refractivity contribution < 1.29 is 18.8 Å². The van der Waals surface area contributed by atoms with Crippen molar-refractivity contribution in [1.29, 1.82) is 0 Å². The molecule has 0 heterocycles. The van der Waals surface area contributed by atoms with Crippen LogP contribution in [0, 0.1) is 0 Å². The standard InChI is InChI=1S/C30H53N2O4P/c1-4-5-6-7-8-9-10-11-12-13-14-15-16-17-18-19-20-22-29(33)32-25-26-35-30(34)23-21-28-37(3)36-27-24-31-2/h8-9,11-12,14-15,17-18,31H,4-7,10,13,16,19-28H2,1-3H3,(H,32,33)/b9-8-,12-11-,15-14-,18-17-. The first-order valence-electron chi connectivity index (χ1n) is 14.1. The van der Waals surface area contributed by atoms with Crippen molar-refractivity contribution in [2.45, 2.75) is 84.0 Å². The Hall–Kier alpha value is -1.75. The number of hydrogen-bond acceptors (Lipinski definition) is 5. The number of rotatable bonds is 25. The van der Waals surface area contributed by atoms with Crippen LogP contribution in [0.2, 0.25) is 0 Å². The molecule has 0 saturated heterocycles. The van der Waals surface area contributed by atoms with E-state index >= 15 is 0 Å². The van der Waals surface area contributed by atoms with Crippen molar-refractivity contribution in [2.24, 2.45) is 0 Å². The Morgan fingerprint density at radius 1 is 0.757 bits per heavy atom. The van der Waals surface area contributed by atoms with Gasteiger partial charge in [0.1, 0.15) is 6.61 Å². The van der Waals surface area contributed by atoms with Crippen molar-refractivity contribution in [2.75, 3.05) is 46.2 Å². The number of nitrogens with one attached hydrogen (secondary N) is 2. The summed E-state index contributed by atoms with van der Waals surface area (Å²) < 4.78 is 10.9. The average molecular weight is 537 g/mol. The summed E-state index contributed by atoms with van der Waals surface area (Å²) in [6, 6.07) is 0. The normalized spacial score (nSPS) is 12.8. The van der Waals surface area contributed by atoms with E-state index in [0.29, 0.717) is 26.0 Å². The molecule has 212 valence electrons. The fraction of sp³-hybridized carbons (Fsp3) is 0.667. The van der Waals surface area contributed by atoms with Crippen LogP contribution in [0.15, 0.2) is 48.6 Å². The minimum atomic E-state index is -0.484. The molecule has 2 N–H and O–H groups in total. The summed E-state index contributed by atoms with van der Waals surface area (Å²) in [5.41, 5.74) is 0. The minimum absolute atomic E-state index is 0.00211. The lowest BCUT2D eigenvalue weighted by Gasteiger charge is -2.12. The topological polar surface area (TPSA) is 76.7 Å². The van der Waals surface area contributed by atoms with E-state index in [1.165, 1.54) is 25.7 Å². The maximum atomic E-state index is 11.9. The lowest BCUT2D eigenvalue weighted by molar-refractivity contribution is -0.143. The quantitative estimate of drug-likeness (QED) is 0.0579. The number of amides is 1. The molecule has 0 saturated carbocycles. The highest BCUT2D eigenvalue weighted by Crippen LogP contribution is 2.32. The van der Waals surface area contributed by atoms with Crippen molar-refractivity contribution >= 4 is 20.0 Å². The number of carbonyl (C=O) groups is 2. The van der Waals surface area contributed by atoms with E-state index in [9.17, 15) is 9.59 Å². The van der Waals surface area contributed by atoms with Gasteiger partial charge < -0.3 is 19.9 Å². The average Bonchev–Trinajstić information content (AvgIpc) is 2.88. The number of unbranched alkanes of at least 4 members (excludes halogenated alkanes) is 4. The van der Waals surface area contributed by atoms with Gasteiger partial charge in [-0.3, -0.25) is 9.59 Å². The zero-order chi connectivity index (χ0) is 27.2. The second-order valence-corrected chi connectivity index (χ2v) is 10.9. The summed E-state index contributed by atoms with van der Waals surface area (Å²) in [7, 11) is 1.41. The van der Waals surface area contributed by atoms with Gasteiger partial charge in [-0.05, 0) is 71.2 Å². The van der Waals surface area contributed by atoms with Gasteiger partial charge in [0.25, 0.3) is 0 Å². The van der Waals surface area contributed by atoms with E-state index in [1.54, 1.807) is 0 Å². The van der Waals surface area contributed by atoms with Crippen molar-refractivity contribution in [3.63, 3.8) is 0 Å². The number of hydrogen-bond donors (Lipinski definition) is 2. The third-order valence-electron chi connectivity index (χ3n) is 5.44. The zero-order valence-electron chi connectivity index (χ0n) is 23.7. The number of carbonyl (C=O) groups excluding carboxylic acids is 2. The van der Waals surface area contributed by atoms with Gasteiger partial charge in [-0.2, -0.15) is 0 Å². The molecule has 0 radical (unpaired) electrons. The number of ether oxygens (including phenoxy) is 1. The summed E-state index contributed by atoms with van der Waals surface area (Å²) >= 11 is 0. The molecule has 0 aliphatic rings. The fourth-order valence-electron chi connectivity index (χ4n) is 3.27. The molecule has 0 bridgehead atoms. The molecule has 1 amide bonds. The monoisotopic (exact) mass is 536 g/mol. The molecule has 0 aromatic rings. The smallest absolute Gasteiger partial charge is 0.305 e. The number of allylic oxidation sites excluding steroid dienone is 8. The highest BCUT2D eigenvalue weighted by molar-refractivity contribution is 7.51. The lowest BCUT2D eigenvalue weighted by Crippen LogP contribution is -2.27. The minimum Gasteiger partial charge on any atom is -0.464 e. The Labute approximate surface area is 228 Å². The Kier molecular flexibility index (Phi) is 27.5. The van der Waals surface area contributed by atoms with Crippen LogP contribution in [0.1, 0.15) is 84.0 Å². The van der Waals surface area contributed by atoms with Crippen LogP contribution in [0.4, 0.5) is 0 Å². The summed E-state index contributed by atoms with van der Waals surface area (Å²) in [6.45, 7) is 6.44. The number of likely N-dealkylation sites (N-methyl/N-ethyl adjacent to an activating group) is 1. The predicted molar refractivity (Wildman–Crippen MR) is 159 cm³/mol. The van der Waals surface area contributed by atoms with Crippen LogP contribution in [0.3, 0.4) is 0 Å². The van der Waals surface area contributed by atoms with E-state index in [-0.39, 0.29) is 18.5 Å². The molecule has 1 unspecified atom stereocenters. The highest BCUT2D eigenvalue weighted by Gasteiger charge is 2.07. The van der Waals surface area contributed by atoms with Gasteiger partial charge in [-0.1, -0.05) is 68.4 Å². The van der Waals surface area contributed by atoms with Crippen LogP contribution in [-0.4, -0.2) is 58.1 Å². The van der Waals surface area contributed by atoms with E-state index in [1.807, 2.05) is 7.05 Å². The highest BCUT2D eigenvalue weighted by atomic mass is 31.1. The van der Waals surface area contributed by atoms with E-state index in [0.717, 1.165) is 51.2 Å². The third-order valence-corrected chi connectivity index (χ3v) is 7.01. The molecule has 1 atom stereocenters. The summed E-state index contributed by atoms with van der Waals surface area (Å²) in [4.78, 5) is 23.7. The molecule has 0 aromatic heterocycles. The molecule has 0 spiro atoms. The molecule has 0 aromatic carbocycles. The first kappa shape index (κ1) is 35.2. The first-order valence-corrected chi connectivity index (χ1v) is 16.0. The van der Waals surface area contributed by atoms with Crippen LogP contribution >= 0.6 is 8.15 Å². The maximum absolute atomic E-state index is 11.9. The Morgan fingerprint density at radius 3 is 2.00 bits per heavy atom. The van der Waals surface area contributed by atoms with Crippen molar-refractivity contribution in [3.05, 3.63) is 48.6 Å². The summed E-state index contributed by atoms with van der Waals surface area (Å²) in [5.74, 6) is -0.212. The SMILES string of the molecule is CCCCC/C=C\C/C=C\C/C=C\C/C=C\CCCC(=O)NCCOC(=O)CCCP(C)OCCNC. The van der Waals surface area contributed by atoms with Gasteiger partial charge >= 0.3 is 5.97 Å². The molecular formula is C30H53N2O4P. The number of esters is 1. The molecule has 0 fully saturated rings. The predicted octanol–water partition coefficient (Wildman–Crippen LogP) is 6.83. The zero-order valence-corrected chi connectivity index (χ0v) is 24.6. The summed E-state index contributed by atoms with van der Waals surface area (Å²) in [6.07, 6.45) is 29.9. The van der Waals surface area contributed by atoms with Crippen molar-refractivity contribution in [1.82, 2.24) is 10.6 Å². The van der Waals surface area contributed by atoms with Crippen LogP contribution < -0.4 is 10.6 Å². The maximum Gasteiger partial charge on any atom is 0.305 e. The van der Waals surface area contributed by atoms with Crippen molar-refractivity contribution in [3.8, 4) is 0 Å². The van der Waals surface area contributed by atoms with E-state index < -0.39 is 8.15 Å². The molecule has 37 heavy (non-hydrogen) atoms. The van der Waals surface area contributed by atoms with Crippen LogP contribution in [-0.2, 0) is 18.8 Å². The van der Waals surface area contributed by atoms with Gasteiger partial charge in [0, 0.05) is 27.5 Å². The van der Waals surface area contributed by atoms with Crippen LogP contribution in [0.25, 0.3) is 0 Å². The molecule has 0 rings (SSSR count). The van der Waals surface area contributed by atoms with Gasteiger partial charge in [0.2, 0.25) is 5.91 Å². The molecule has 0 aliphatic carbocycles. The van der Waals surface area contributed by atoms with Gasteiger partial charge in [0.05, 0.1) is 13.2 Å². The Bertz CT molecular complexity index is 662. The Balaban J connectivity index is 3.55. The lowest BCUT2D eigenvalue weighted by atomic mass is 10.2. The second-order valence-electron chi connectivity index (χ2n) is 8.94. The van der Waals surface area contributed by atoms with Crippen LogP contribution in [0.5, 0.6) is 0 Å². The van der Waals surface area contributed by atoms with Gasteiger partial charge in [-0.25, -0.2) is 0 Å². The van der Waals surface area contributed by atoms with E-state index in [2.05, 4.69) is 72.8 Å². The van der Waals surface area contributed by atoms with Gasteiger partial charge in [-0.15, -0.1) is 0 Å². The van der Waals surface area contributed by atoms with Gasteiger partial charge in [0.15, 0.2) is 0 Å². The largest absolute Gasteiger partial charge is 0.464 e. The summed E-state index contributed by atoms with van der Waals surface area (Å²) in [5, 5.41) is 5.85. The second kappa shape index (κ2) is 28.8. The third kappa shape index (κ3) is 28.7. The Morgan fingerprint density at radius 2 is 1.38 bits per heavy atom. The first-order chi connectivity index (χ1) is 18.1. The van der Waals surface area contributed by atoms with E-state index in [4.69, 9.17) is 9.26 Å². The molecular weight excluding hydrogens is 483 g/mol.